The van der Waals surface area contributed by atoms with Gasteiger partial charge in [-0.05, 0) is 43.0 Å². The van der Waals surface area contributed by atoms with Crippen molar-refractivity contribution in [2.45, 2.75) is 56.9 Å². The molecular formula is C29H33N3O6. The molecule has 4 aliphatic heterocycles. The number of nitrogens with zero attached hydrogens (tertiary/aromatic N) is 3. The van der Waals surface area contributed by atoms with Gasteiger partial charge < -0.3 is 24.4 Å². The number of para-hydroxylation sites is 1. The van der Waals surface area contributed by atoms with Gasteiger partial charge in [0, 0.05) is 23.7 Å². The van der Waals surface area contributed by atoms with Crippen molar-refractivity contribution >= 4 is 29.3 Å². The van der Waals surface area contributed by atoms with Gasteiger partial charge in [-0.3, -0.25) is 14.5 Å². The molecule has 4 aliphatic rings. The summed E-state index contributed by atoms with van der Waals surface area (Å²) in [5.74, 6) is -0.231. The van der Waals surface area contributed by atoms with Gasteiger partial charge in [0.2, 0.25) is 5.91 Å². The zero-order valence-electron chi connectivity index (χ0n) is 21.5. The Balaban J connectivity index is 1.22. The summed E-state index contributed by atoms with van der Waals surface area (Å²) in [7, 11) is 0. The Labute approximate surface area is 221 Å². The summed E-state index contributed by atoms with van der Waals surface area (Å²) < 4.78 is 11.6. The number of hydrogen-bond donors (Lipinski definition) is 1. The Hall–Kier alpha value is -3.43. The average Bonchev–Trinajstić information content (AvgIpc) is 3.69. The van der Waals surface area contributed by atoms with E-state index in [1.165, 1.54) is 0 Å². The zero-order chi connectivity index (χ0) is 26.4. The van der Waals surface area contributed by atoms with E-state index in [0.29, 0.717) is 32.7 Å². The number of hydrogen-bond acceptors (Lipinski definition) is 6. The molecule has 2 aromatic rings. The highest BCUT2D eigenvalue weighted by molar-refractivity contribution is 6.07. The minimum Gasteiger partial charge on any atom is -0.447 e. The summed E-state index contributed by atoms with van der Waals surface area (Å²) in [5, 5.41) is 9.63. The number of aliphatic hydroxyl groups excluding tert-OH is 1. The number of fused-ring (bicyclic) bond motifs is 2. The summed E-state index contributed by atoms with van der Waals surface area (Å²) in [4.78, 5) is 44.2. The molecule has 0 aliphatic carbocycles. The van der Waals surface area contributed by atoms with Crippen LogP contribution in [0.3, 0.4) is 0 Å². The molecule has 6 rings (SSSR count). The SMILES string of the molecule is C[C@H]1C[C@@H](CC(=O)N2CCC[C@H]2CO)O[C@]12C(=O)N(Cc1ccc(N3CCOC3=O)cc1)c1ccccc12. The largest absolute Gasteiger partial charge is 0.447 e. The number of rotatable bonds is 6. The lowest BCUT2D eigenvalue weighted by atomic mass is 9.83. The highest BCUT2D eigenvalue weighted by Crippen LogP contribution is 2.53. The first kappa shape index (κ1) is 24.9. The molecular weight excluding hydrogens is 486 g/mol. The summed E-state index contributed by atoms with van der Waals surface area (Å²) in [6.45, 7) is 3.93. The lowest BCUT2D eigenvalue weighted by Gasteiger charge is -2.29. The average molecular weight is 520 g/mol. The van der Waals surface area contributed by atoms with Crippen LogP contribution in [0.1, 0.15) is 43.7 Å². The van der Waals surface area contributed by atoms with E-state index in [-0.39, 0.29) is 49.0 Å². The molecule has 0 bridgehead atoms. The molecule has 1 N–H and O–H groups in total. The Morgan fingerprint density at radius 3 is 2.63 bits per heavy atom. The highest BCUT2D eigenvalue weighted by atomic mass is 16.6. The lowest BCUT2D eigenvalue weighted by molar-refractivity contribution is -0.150. The maximum Gasteiger partial charge on any atom is 0.414 e. The van der Waals surface area contributed by atoms with E-state index in [1.54, 1.807) is 14.7 Å². The third-order valence-electron chi connectivity index (χ3n) is 8.48. The topological polar surface area (TPSA) is 99.6 Å². The maximum atomic E-state index is 14.1. The molecule has 9 heteroatoms. The second kappa shape index (κ2) is 9.71. The van der Waals surface area contributed by atoms with Crippen LogP contribution in [0.5, 0.6) is 0 Å². The summed E-state index contributed by atoms with van der Waals surface area (Å²) in [5.41, 5.74) is 2.24. The van der Waals surface area contributed by atoms with E-state index in [4.69, 9.17) is 9.47 Å². The van der Waals surface area contributed by atoms with E-state index < -0.39 is 5.60 Å². The predicted octanol–water partition coefficient (Wildman–Crippen LogP) is 3.18. The van der Waals surface area contributed by atoms with Gasteiger partial charge in [0.15, 0.2) is 5.60 Å². The van der Waals surface area contributed by atoms with Crippen LogP contribution in [-0.2, 0) is 31.2 Å². The van der Waals surface area contributed by atoms with Gasteiger partial charge >= 0.3 is 6.09 Å². The van der Waals surface area contributed by atoms with Crippen molar-refractivity contribution in [2.24, 2.45) is 5.92 Å². The van der Waals surface area contributed by atoms with Gasteiger partial charge in [-0.1, -0.05) is 37.3 Å². The van der Waals surface area contributed by atoms with Crippen LogP contribution in [-0.4, -0.2) is 66.4 Å². The van der Waals surface area contributed by atoms with E-state index in [0.717, 1.165) is 35.3 Å². The number of likely N-dealkylation sites (tertiary alicyclic amines) is 1. The number of carbonyl (C=O) groups is 3. The summed E-state index contributed by atoms with van der Waals surface area (Å²) in [6, 6.07) is 15.2. The van der Waals surface area contributed by atoms with Crippen molar-refractivity contribution < 1.29 is 29.0 Å². The van der Waals surface area contributed by atoms with E-state index in [1.807, 2.05) is 55.5 Å². The molecule has 0 radical (unpaired) electrons. The summed E-state index contributed by atoms with van der Waals surface area (Å²) in [6.07, 6.45) is 1.82. The first-order chi connectivity index (χ1) is 18.4. The molecule has 9 nitrogen and oxygen atoms in total. The smallest absolute Gasteiger partial charge is 0.414 e. The van der Waals surface area contributed by atoms with Crippen molar-refractivity contribution in [3.63, 3.8) is 0 Å². The zero-order valence-corrected chi connectivity index (χ0v) is 21.5. The molecule has 0 saturated carbocycles. The fourth-order valence-electron chi connectivity index (χ4n) is 6.57. The molecule has 38 heavy (non-hydrogen) atoms. The molecule has 3 fully saturated rings. The van der Waals surface area contributed by atoms with Gasteiger partial charge in [-0.2, -0.15) is 0 Å². The molecule has 3 saturated heterocycles. The van der Waals surface area contributed by atoms with Crippen molar-refractivity contribution in [2.75, 3.05) is 36.1 Å². The third-order valence-corrected chi connectivity index (χ3v) is 8.48. The number of carbonyl (C=O) groups excluding carboxylic acids is 3. The van der Waals surface area contributed by atoms with Crippen LogP contribution < -0.4 is 9.80 Å². The Bertz CT molecular complexity index is 1250. The van der Waals surface area contributed by atoms with Gasteiger partial charge in [-0.25, -0.2) is 4.79 Å². The molecule has 3 amide bonds. The number of anilines is 2. The normalized spacial score (nSPS) is 28.5. The first-order valence-corrected chi connectivity index (χ1v) is 13.4. The first-order valence-electron chi connectivity index (χ1n) is 13.4. The van der Waals surface area contributed by atoms with Crippen molar-refractivity contribution in [1.29, 1.82) is 0 Å². The van der Waals surface area contributed by atoms with Gasteiger partial charge in [0.25, 0.3) is 5.91 Å². The predicted molar refractivity (Wildman–Crippen MR) is 140 cm³/mol. The molecule has 0 unspecified atom stereocenters. The van der Waals surface area contributed by atoms with Crippen LogP contribution in [0.2, 0.25) is 0 Å². The molecule has 0 aromatic heterocycles. The van der Waals surface area contributed by atoms with Crippen molar-refractivity contribution in [3.8, 4) is 0 Å². The fraction of sp³-hybridized carbons (Fsp3) is 0.483. The molecule has 2 aromatic carbocycles. The highest BCUT2D eigenvalue weighted by Gasteiger charge is 2.60. The van der Waals surface area contributed by atoms with Crippen LogP contribution in [0, 0.1) is 5.92 Å². The quantitative estimate of drug-likeness (QED) is 0.630. The lowest BCUT2D eigenvalue weighted by Crippen LogP contribution is -2.44. The molecule has 1 spiro atoms. The third kappa shape index (κ3) is 3.96. The Kier molecular flexibility index (Phi) is 6.36. The van der Waals surface area contributed by atoms with E-state index in [2.05, 4.69) is 0 Å². The fourth-order valence-corrected chi connectivity index (χ4v) is 6.57. The summed E-state index contributed by atoms with van der Waals surface area (Å²) >= 11 is 0. The number of amides is 3. The van der Waals surface area contributed by atoms with Gasteiger partial charge in [0.1, 0.15) is 6.61 Å². The van der Waals surface area contributed by atoms with Crippen molar-refractivity contribution in [3.05, 3.63) is 59.7 Å². The standard InChI is InChI=1S/C29H33N3O6/c1-19-15-23(16-26(34)30-12-4-5-22(30)18-33)38-29(19)24-6-2-3-7-25(24)32(27(29)35)17-20-8-10-21(11-9-20)31-13-14-37-28(31)36/h2-3,6-11,19,22-23,33H,4-5,12-18H2,1H3/t19-,22-,23-,29+/m0/s1. The van der Waals surface area contributed by atoms with E-state index in [9.17, 15) is 19.5 Å². The Morgan fingerprint density at radius 1 is 1.11 bits per heavy atom. The minimum absolute atomic E-state index is 0.0200. The molecule has 200 valence electrons. The van der Waals surface area contributed by atoms with E-state index >= 15 is 0 Å². The van der Waals surface area contributed by atoms with Crippen LogP contribution in [0.25, 0.3) is 0 Å². The number of aliphatic hydroxyl groups is 1. The Morgan fingerprint density at radius 2 is 1.89 bits per heavy atom. The molecule has 4 atom stereocenters. The molecule has 4 heterocycles. The minimum atomic E-state index is -1.12. The maximum absolute atomic E-state index is 14.1. The van der Waals surface area contributed by atoms with Gasteiger partial charge in [0.05, 0.1) is 44.0 Å². The second-order valence-electron chi connectivity index (χ2n) is 10.7. The van der Waals surface area contributed by atoms with Crippen LogP contribution >= 0.6 is 0 Å². The van der Waals surface area contributed by atoms with Gasteiger partial charge in [-0.15, -0.1) is 0 Å². The van der Waals surface area contributed by atoms with Crippen LogP contribution in [0.4, 0.5) is 16.2 Å². The number of cyclic esters (lactones) is 1. The monoisotopic (exact) mass is 519 g/mol. The second-order valence-corrected chi connectivity index (χ2v) is 10.7. The number of ether oxygens (including phenoxy) is 2. The van der Waals surface area contributed by atoms with Crippen LogP contribution in [0.15, 0.2) is 48.5 Å². The number of benzene rings is 2. The van der Waals surface area contributed by atoms with Crippen molar-refractivity contribution in [1.82, 2.24) is 4.90 Å².